The van der Waals surface area contributed by atoms with E-state index in [0.29, 0.717) is 5.57 Å². The van der Waals surface area contributed by atoms with Gasteiger partial charge >= 0.3 is 0 Å². The highest BCUT2D eigenvalue weighted by Gasteiger charge is 2.41. The first kappa shape index (κ1) is 11.9. The number of Topliss-reactive ketones (excluding diaryl/α,β-unsaturated/α-hetero) is 2. The van der Waals surface area contributed by atoms with Crippen LogP contribution in [0, 0.1) is 5.92 Å². The number of carbonyl (C=O) groups is 2. The third-order valence-electron chi connectivity index (χ3n) is 4.86. The van der Waals surface area contributed by atoms with Crippen LogP contribution in [-0.2, 0) is 9.53 Å². The molecule has 0 bridgehead atoms. The fraction of sp³-hybridized carbons (Fsp3) is 0.333. The summed E-state index contributed by atoms with van der Waals surface area (Å²) in [6.45, 7) is -2.98. The van der Waals surface area contributed by atoms with Gasteiger partial charge in [0.25, 0.3) is 0 Å². The number of ether oxygens (including phenoxy) is 2. The van der Waals surface area contributed by atoms with E-state index in [-0.39, 0.29) is 59.0 Å². The number of fused-ring (bicyclic) bond motifs is 3. The van der Waals surface area contributed by atoms with E-state index in [2.05, 4.69) is 0 Å². The fourth-order valence-electron chi connectivity index (χ4n) is 3.76. The van der Waals surface area contributed by atoms with Crippen LogP contribution in [0.25, 0.3) is 5.76 Å². The Balaban J connectivity index is 1.83. The van der Waals surface area contributed by atoms with Crippen LogP contribution in [0.3, 0.4) is 0 Å². The minimum atomic E-state index is -2.89. The highest BCUT2D eigenvalue weighted by atomic mass is 16.7. The second kappa shape index (κ2) is 6.25. The summed E-state index contributed by atoms with van der Waals surface area (Å²) in [5, 5.41) is 11.0. The van der Waals surface area contributed by atoms with E-state index in [9.17, 15) is 14.7 Å². The molecule has 0 heterocycles. The van der Waals surface area contributed by atoms with Gasteiger partial charge in [0, 0.05) is 42.7 Å². The van der Waals surface area contributed by atoms with Gasteiger partial charge in [-0.2, -0.15) is 0 Å². The molecule has 1 fully saturated rings. The zero-order chi connectivity index (χ0) is 22.7. The van der Waals surface area contributed by atoms with Gasteiger partial charge in [0.2, 0.25) is 0 Å². The molecule has 1 aromatic carbocycles. The van der Waals surface area contributed by atoms with E-state index in [4.69, 9.17) is 16.3 Å². The normalized spacial score (nSPS) is 25.3. The van der Waals surface area contributed by atoms with Crippen molar-refractivity contribution in [3.63, 3.8) is 0 Å². The minimum Gasteiger partial charge on any atom is -0.507 e. The number of benzene rings is 1. The predicted octanol–water partition coefficient (Wildman–Crippen LogP) is 3.76. The summed E-state index contributed by atoms with van der Waals surface area (Å²) in [5.74, 6) is -1.99. The first-order chi connectivity index (χ1) is 14.5. The molecule has 4 rings (SSSR count). The maximum Gasteiger partial charge on any atom is 0.195 e. The monoisotopic (exact) mass is 357 g/mol. The molecule has 1 aromatic rings. The van der Waals surface area contributed by atoms with Crippen LogP contribution in [0.5, 0.6) is 5.75 Å². The molecule has 1 N–H and O–H groups in total. The summed E-state index contributed by atoms with van der Waals surface area (Å²) in [4.78, 5) is 26.2. The van der Waals surface area contributed by atoms with Crippen molar-refractivity contribution >= 4 is 17.3 Å². The number of aliphatic hydroxyl groups is 1. The number of allylic oxidation sites excluding steroid dienone is 5. The lowest BCUT2D eigenvalue weighted by Gasteiger charge is -2.24. The summed E-state index contributed by atoms with van der Waals surface area (Å²) in [6, 6.07) is 4.71. The van der Waals surface area contributed by atoms with Crippen molar-refractivity contribution in [3.8, 4) is 5.75 Å². The van der Waals surface area contributed by atoms with Gasteiger partial charge in [-0.1, -0.05) is 25.4 Å². The van der Waals surface area contributed by atoms with Crippen molar-refractivity contribution in [2.45, 2.75) is 26.1 Å². The van der Waals surface area contributed by atoms with Crippen LogP contribution in [0.2, 0.25) is 0 Å². The third-order valence-corrected chi connectivity index (χ3v) is 4.86. The van der Waals surface area contributed by atoms with Gasteiger partial charge in [-0.05, 0) is 30.1 Å². The van der Waals surface area contributed by atoms with E-state index < -0.39 is 30.7 Å². The highest BCUT2D eigenvalue weighted by Crippen LogP contribution is 2.48. The Bertz CT molecular complexity index is 1090. The van der Waals surface area contributed by atoms with Crippen LogP contribution in [-0.4, -0.2) is 30.6 Å². The van der Waals surface area contributed by atoms with E-state index in [1.165, 1.54) is 19.3 Å². The van der Waals surface area contributed by atoms with E-state index in [0.717, 1.165) is 0 Å². The molecular weight excluding hydrogens is 332 g/mol. The van der Waals surface area contributed by atoms with Gasteiger partial charge in [0.1, 0.15) is 11.5 Å². The van der Waals surface area contributed by atoms with Crippen LogP contribution < -0.4 is 4.74 Å². The molecule has 5 heteroatoms. The Hall–Kier alpha value is -2.66. The molecule has 134 valence electrons. The summed E-state index contributed by atoms with van der Waals surface area (Å²) >= 11 is 0. The minimum absolute atomic E-state index is 0.0244. The van der Waals surface area contributed by atoms with Gasteiger partial charge in [-0.15, -0.1) is 0 Å². The van der Waals surface area contributed by atoms with Crippen molar-refractivity contribution in [3.05, 3.63) is 57.7 Å². The Morgan fingerprint density at radius 2 is 2.15 bits per heavy atom. The van der Waals surface area contributed by atoms with Crippen molar-refractivity contribution in [1.82, 2.24) is 0 Å². The van der Waals surface area contributed by atoms with Crippen LogP contribution in [0.4, 0.5) is 0 Å². The van der Waals surface area contributed by atoms with Crippen LogP contribution >= 0.6 is 0 Å². The quantitative estimate of drug-likeness (QED) is 0.831. The number of ketones is 2. The Labute approximate surface area is 158 Å². The zero-order valence-electron chi connectivity index (χ0n) is 19.1. The van der Waals surface area contributed by atoms with Gasteiger partial charge in [0.05, 0.1) is 5.56 Å². The van der Waals surface area contributed by atoms with Gasteiger partial charge in [0.15, 0.2) is 18.4 Å². The predicted molar refractivity (Wildman–Crippen MR) is 96.0 cm³/mol. The van der Waals surface area contributed by atoms with Crippen LogP contribution in [0.15, 0.2) is 46.6 Å². The van der Waals surface area contributed by atoms with Crippen LogP contribution in [0.1, 0.15) is 48.8 Å². The lowest BCUT2D eigenvalue weighted by atomic mass is 9.78. The number of rotatable bonds is 4. The number of methoxy groups -OCH3 is 1. The lowest BCUT2D eigenvalue weighted by Crippen LogP contribution is -2.22. The molecule has 3 aliphatic carbocycles. The van der Waals surface area contributed by atoms with Crippen molar-refractivity contribution < 1.29 is 31.0 Å². The SMILES string of the molecule is [2H]C([2H])([2H])C([2H])([2H])C1CC(=O)C2=C3C(=O)c4cccc(OCOC)c4C(O)=C3C=C2C1. The number of hydrogen-bond acceptors (Lipinski definition) is 5. The molecule has 1 atom stereocenters. The molecular formula is C21H20O5. The molecule has 0 aromatic heterocycles. The maximum atomic E-state index is 13.3. The smallest absolute Gasteiger partial charge is 0.195 e. The molecule has 0 aliphatic heterocycles. The molecule has 1 saturated carbocycles. The van der Waals surface area contributed by atoms with E-state index >= 15 is 0 Å². The first-order valence-corrected chi connectivity index (χ1v) is 8.21. The Morgan fingerprint density at radius 3 is 2.92 bits per heavy atom. The zero-order valence-corrected chi connectivity index (χ0v) is 14.1. The van der Waals surface area contributed by atoms with Crippen molar-refractivity contribution in [2.24, 2.45) is 5.92 Å². The van der Waals surface area contributed by atoms with Gasteiger partial charge < -0.3 is 14.6 Å². The summed E-state index contributed by atoms with van der Waals surface area (Å²) < 4.78 is 49.0. The molecule has 3 aliphatic rings. The molecule has 0 radical (unpaired) electrons. The third kappa shape index (κ3) is 2.35. The summed E-state index contributed by atoms with van der Waals surface area (Å²) in [5.41, 5.74) is 1.12. The van der Waals surface area contributed by atoms with Crippen molar-refractivity contribution in [1.29, 1.82) is 0 Å². The maximum absolute atomic E-state index is 13.3. The number of carbonyl (C=O) groups excluding carboxylic acids is 2. The largest absolute Gasteiger partial charge is 0.507 e. The number of aliphatic hydroxyl groups excluding tert-OH is 1. The average molecular weight is 357 g/mol. The topological polar surface area (TPSA) is 72.8 Å². The second-order valence-corrected chi connectivity index (χ2v) is 6.41. The molecule has 0 saturated heterocycles. The van der Waals surface area contributed by atoms with Crippen molar-refractivity contribution in [2.75, 3.05) is 13.9 Å². The molecule has 0 amide bonds. The summed E-state index contributed by atoms with van der Waals surface area (Å²) in [6.07, 6.45) is -1.44. The van der Waals surface area contributed by atoms with E-state index in [1.807, 2.05) is 0 Å². The first-order valence-electron chi connectivity index (χ1n) is 10.7. The molecule has 1 unspecified atom stereocenters. The Kier molecular flexibility index (Phi) is 2.85. The summed E-state index contributed by atoms with van der Waals surface area (Å²) in [7, 11) is 1.44. The molecule has 5 nitrogen and oxygen atoms in total. The van der Waals surface area contributed by atoms with Gasteiger partial charge in [-0.25, -0.2) is 0 Å². The van der Waals surface area contributed by atoms with E-state index in [1.54, 1.807) is 12.1 Å². The fourth-order valence-corrected chi connectivity index (χ4v) is 3.76. The highest BCUT2D eigenvalue weighted by molar-refractivity contribution is 6.24. The number of hydrogen-bond donors (Lipinski definition) is 1. The second-order valence-electron chi connectivity index (χ2n) is 6.41. The lowest BCUT2D eigenvalue weighted by molar-refractivity contribution is -0.116. The Morgan fingerprint density at radius 1 is 1.31 bits per heavy atom. The molecule has 26 heavy (non-hydrogen) atoms. The van der Waals surface area contributed by atoms with Gasteiger partial charge in [-0.3, -0.25) is 9.59 Å². The molecule has 0 spiro atoms. The standard InChI is InChI=1S/C21H20O5/c1-3-11-7-12-9-14-19(17(12)15(22)8-11)20(23)13-5-4-6-16(26-10-25-2)18(13)21(14)24/h4-6,9,11,24H,3,7-8,10H2,1-2H3/i1D3,3D2. The average Bonchev–Trinajstić information content (AvgIpc) is 3.10.